The highest BCUT2D eigenvalue weighted by atomic mass is 32.1. The molecule has 1 aromatic rings. The maximum atomic E-state index is 12.1. The van der Waals surface area contributed by atoms with Gasteiger partial charge in [-0.05, 0) is 44.0 Å². The zero-order chi connectivity index (χ0) is 10.8. The Hall–Kier alpha value is -0.960. The van der Waals surface area contributed by atoms with Crippen LogP contribution in [-0.4, -0.2) is 23.4 Å². The number of hydrogen-bond acceptors (Lipinski definition) is 2. The minimum absolute atomic E-state index is 0.147. The first kappa shape index (κ1) is 10.6. The lowest BCUT2D eigenvalue weighted by Gasteiger charge is -2.20. The van der Waals surface area contributed by atoms with Crippen LogP contribution in [0.4, 0.5) is 0 Å². The number of carbonyl (C=O) groups excluding carboxylic acids is 1. The first-order chi connectivity index (χ1) is 7.22. The molecule has 0 radical (unpaired) electrons. The molecule has 0 heterocycles. The van der Waals surface area contributed by atoms with Crippen molar-refractivity contribution >= 4 is 18.5 Å². The zero-order valence-corrected chi connectivity index (χ0v) is 9.71. The minimum Gasteiger partial charge on any atom is -0.336 e. The van der Waals surface area contributed by atoms with Gasteiger partial charge in [-0.3, -0.25) is 4.79 Å². The second-order valence-corrected chi connectivity index (χ2v) is 4.39. The highest BCUT2D eigenvalue weighted by Gasteiger charge is 2.31. The molecule has 1 aromatic carbocycles. The lowest BCUT2D eigenvalue weighted by Crippen LogP contribution is -2.32. The van der Waals surface area contributed by atoms with Crippen LogP contribution < -0.4 is 0 Å². The smallest absolute Gasteiger partial charge is 0.254 e. The molecule has 3 heteroatoms. The third-order valence-electron chi connectivity index (χ3n) is 2.70. The molecule has 1 fully saturated rings. The van der Waals surface area contributed by atoms with E-state index in [4.69, 9.17) is 0 Å². The normalized spacial score (nSPS) is 15.1. The topological polar surface area (TPSA) is 20.3 Å². The van der Waals surface area contributed by atoms with E-state index in [9.17, 15) is 4.79 Å². The van der Waals surface area contributed by atoms with E-state index in [-0.39, 0.29) is 5.91 Å². The monoisotopic (exact) mass is 221 g/mol. The minimum atomic E-state index is 0.147. The van der Waals surface area contributed by atoms with Gasteiger partial charge in [0.2, 0.25) is 0 Å². The number of carbonyl (C=O) groups is 1. The van der Waals surface area contributed by atoms with Crippen LogP contribution in [0, 0.1) is 0 Å². The van der Waals surface area contributed by atoms with Crippen LogP contribution in [0.25, 0.3) is 0 Å². The molecule has 1 amide bonds. The summed E-state index contributed by atoms with van der Waals surface area (Å²) in [5, 5.41) is 0. The molecule has 2 nitrogen and oxygen atoms in total. The SMILES string of the molecule is CCN(C(=O)c1ccc(S)cc1)C1CC1. The van der Waals surface area contributed by atoms with Crippen LogP contribution in [0.2, 0.25) is 0 Å². The van der Waals surface area contributed by atoms with Gasteiger partial charge in [-0.15, -0.1) is 12.6 Å². The lowest BCUT2D eigenvalue weighted by molar-refractivity contribution is 0.0752. The van der Waals surface area contributed by atoms with Gasteiger partial charge in [-0.25, -0.2) is 0 Å². The standard InChI is InChI=1S/C12H15NOS/c1-2-13(10-5-6-10)12(14)9-3-7-11(15)8-4-9/h3-4,7-8,10,15H,2,5-6H2,1H3. The zero-order valence-electron chi connectivity index (χ0n) is 8.81. The van der Waals surface area contributed by atoms with E-state index >= 15 is 0 Å². The first-order valence-corrected chi connectivity index (χ1v) is 5.77. The van der Waals surface area contributed by atoms with E-state index in [1.807, 2.05) is 36.1 Å². The van der Waals surface area contributed by atoms with Gasteiger partial charge in [0, 0.05) is 23.0 Å². The molecule has 1 saturated carbocycles. The molecular weight excluding hydrogens is 206 g/mol. The van der Waals surface area contributed by atoms with Crippen LogP contribution in [0.1, 0.15) is 30.1 Å². The van der Waals surface area contributed by atoms with Crippen molar-refractivity contribution in [3.05, 3.63) is 29.8 Å². The van der Waals surface area contributed by atoms with Gasteiger partial charge in [-0.1, -0.05) is 0 Å². The summed E-state index contributed by atoms with van der Waals surface area (Å²) in [6.07, 6.45) is 2.31. The lowest BCUT2D eigenvalue weighted by atomic mass is 10.2. The van der Waals surface area contributed by atoms with E-state index in [0.29, 0.717) is 6.04 Å². The van der Waals surface area contributed by atoms with Gasteiger partial charge >= 0.3 is 0 Å². The Labute approximate surface area is 95.7 Å². The van der Waals surface area contributed by atoms with Crippen LogP contribution in [0.15, 0.2) is 29.2 Å². The molecule has 1 aliphatic rings. The third kappa shape index (κ3) is 2.34. The molecule has 0 N–H and O–H groups in total. The van der Waals surface area contributed by atoms with Gasteiger partial charge in [0.15, 0.2) is 0 Å². The predicted molar refractivity (Wildman–Crippen MR) is 63.4 cm³/mol. The van der Waals surface area contributed by atoms with E-state index in [0.717, 1.165) is 29.8 Å². The van der Waals surface area contributed by atoms with Gasteiger partial charge in [-0.2, -0.15) is 0 Å². The fourth-order valence-corrected chi connectivity index (χ4v) is 1.87. The van der Waals surface area contributed by atoms with E-state index in [2.05, 4.69) is 12.6 Å². The van der Waals surface area contributed by atoms with Crippen LogP contribution in [0.3, 0.4) is 0 Å². The second kappa shape index (κ2) is 4.27. The highest BCUT2D eigenvalue weighted by molar-refractivity contribution is 7.80. The molecular formula is C12H15NOS. The Bertz CT molecular complexity index is 356. The van der Waals surface area contributed by atoms with Crippen LogP contribution >= 0.6 is 12.6 Å². The van der Waals surface area contributed by atoms with E-state index in [1.165, 1.54) is 0 Å². The summed E-state index contributed by atoms with van der Waals surface area (Å²) >= 11 is 4.20. The molecule has 0 unspecified atom stereocenters. The van der Waals surface area contributed by atoms with E-state index in [1.54, 1.807) is 0 Å². The summed E-state index contributed by atoms with van der Waals surface area (Å²) in [6.45, 7) is 2.83. The Morgan fingerprint density at radius 1 is 1.40 bits per heavy atom. The Morgan fingerprint density at radius 2 is 2.00 bits per heavy atom. The predicted octanol–water partition coefficient (Wildman–Crippen LogP) is 2.60. The second-order valence-electron chi connectivity index (χ2n) is 3.87. The number of rotatable bonds is 3. The summed E-state index contributed by atoms with van der Waals surface area (Å²) in [6, 6.07) is 7.89. The van der Waals surface area contributed by atoms with Crippen molar-refractivity contribution in [2.45, 2.75) is 30.7 Å². The van der Waals surface area contributed by atoms with Gasteiger partial charge in [0.1, 0.15) is 0 Å². The molecule has 15 heavy (non-hydrogen) atoms. The molecule has 80 valence electrons. The highest BCUT2D eigenvalue weighted by Crippen LogP contribution is 2.28. The molecule has 0 aliphatic heterocycles. The fraction of sp³-hybridized carbons (Fsp3) is 0.417. The third-order valence-corrected chi connectivity index (χ3v) is 3.00. The van der Waals surface area contributed by atoms with Gasteiger partial charge < -0.3 is 4.90 Å². The van der Waals surface area contributed by atoms with Crippen molar-refractivity contribution in [3.8, 4) is 0 Å². The van der Waals surface area contributed by atoms with Crippen molar-refractivity contribution < 1.29 is 4.79 Å². The number of nitrogens with zero attached hydrogens (tertiary/aromatic N) is 1. The molecule has 0 aromatic heterocycles. The summed E-state index contributed by atoms with van der Waals surface area (Å²) in [7, 11) is 0. The maximum absolute atomic E-state index is 12.1. The van der Waals surface area contributed by atoms with Crippen molar-refractivity contribution in [1.29, 1.82) is 0 Å². The quantitative estimate of drug-likeness (QED) is 0.778. The summed E-state index contributed by atoms with van der Waals surface area (Å²) in [4.78, 5) is 14.9. The molecule has 0 bridgehead atoms. The number of thiol groups is 1. The van der Waals surface area contributed by atoms with Crippen LogP contribution in [-0.2, 0) is 0 Å². The molecule has 2 rings (SSSR count). The van der Waals surface area contributed by atoms with Crippen molar-refractivity contribution in [2.24, 2.45) is 0 Å². The Balaban J connectivity index is 2.15. The summed E-state index contributed by atoms with van der Waals surface area (Å²) < 4.78 is 0. The number of benzene rings is 1. The van der Waals surface area contributed by atoms with Crippen molar-refractivity contribution in [3.63, 3.8) is 0 Å². The Morgan fingerprint density at radius 3 is 2.47 bits per heavy atom. The van der Waals surface area contributed by atoms with Crippen molar-refractivity contribution in [2.75, 3.05) is 6.54 Å². The number of hydrogen-bond donors (Lipinski definition) is 1. The van der Waals surface area contributed by atoms with Gasteiger partial charge in [0.25, 0.3) is 5.91 Å². The largest absolute Gasteiger partial charge is 0.336 e. The molecule has 1 aliphatic carbocycles. The average Bonchev–Trinajstić information content (AvgIpc) is 3.04. The molecule has 0 saturated heterocycles. The van der Waals surface area contributed by atoms with Gasteiger partial charge in [0.05, 0.1) is 0 Å². The average molecular weight is 221 g/mol. The van der Waals surface area contributed by atoms with Crippen LogP contribution in [0.5, 0.6) is 0 Å². The Kier molecular flexibility index (Phi) is 3.00. The first-order valence-electron chi connectivity index (χ1n) is 5.32. The molecule has 0 spiro atoms. The number of amides is 1. The summed E-state index contributed by atoms with van der Waals surface area (Å²) in [5.41, 5.74) is 0.765. The summed E-state index contributed by atoms with van der Waals surface area (Å²) in [5.74, 6) is 0.147. The maximum Gasteiger partial charge on any atom is 0.254 e. The molecule has 0 atom stereocenters. The van der Waals surface area contributed by atoms with Crippen molar-refractivity contribution in [1.82, 2.24) is 4.90 Å². The fourth-order valence-electron chi connectivity index (χ4n) is 1.72. The van der Waals surface area contributed by atoms with E-state index < -0.39 is 0 Å².